The molecule has 0 radical (unpaired) electrons. The number of hydrogen-bond acceptors (Lipinski definition) is 4. The monoisotopic (exact) mass is 310 g/mol. The largest absolute Gasteiger partial charge is 0.352 e. The number of pyridine rings is 2. The zero-order chi connectivity index (χ0) is 15.8. The van der Waals surface area contributed by atoms with Crippen LogP contribution in [-0.4, -0.2) is 16.5 Å². The van der Waals surface area contributed by atoms with Gasteiger partial charge in [-0.05, 0) is 48.4 Å². The zero-order valence-electron chi connectivity index (χ0n) is 12.3. The van der Waals surface area contributed by atoms with E-state index in [4.69, 9.17) is 0 Å². The fraction of sp³-hybridized carbons (Fsp3) is 0.176. The van der Waals surface area contributed by atoms with Crippen LogP contribution in [0.3, 0.4) is 0 Å². The molecular formula is C17H15FN4O. The number of H-pyrrole nitrogens is 1. The van der Waals surface area contributed by atoms with Crippen LogP contribution < -0.4 is 16.2 Å². The normalized spacial score (nSPS) is 13.8. The van der Waals surface area contributed by atoms with E-state index in [1.807, 2.05) is 6.07 Å². The van der Waals surface area contributed by atoms with Gasteiger partial charge < -0.3 is 15.6 Å². The van der Waals surface area contributed by atoms with E-state index in [-0.39, 0.29) is 11.4 Å². The summed E-state index contributed by atoms with van der Waals surface area (Å²) in [6.45, 7) is 1.60. The number of fused-ring (bicyclic) bond motifs is 2. The Morgan fingerprint density at radius 2 is 2.04 bits per heavy atom. The van der Waals surface area contributed by atoms with Crippen LogP contribution in [0.4, 0.5) is 15.8 Å². The molecule has 0 saturated carbocycles. The Kier molecular flexibility index (Phi) is 3.31. The third-order valence-electron chi connectivity index (χ3n) is 4.08. The second-order valence-corrected chi connectivity index (χ2v) is 5.60. The fourth-order valence-corrected chi connectivity index (χ4v) is 2.91. The van der Waals surface area contributed by atoms with Crippen LogP contribution in [0.25, 0.3) is 11.0 Å². The topological polar surface area (TPSA) is 69.8 Å². The molecule has 3 heterocycles. The van der Waals surface area contributed by atoms with Gasteiger partial charge in [-0.1, -0.05) is 0 Å². The molecule has 1 aliphatic heterocycles. The van der Waals surface area contributed by atoms with Crippen molar-refractivity contribution < 1.29 is 4.39 Å². The minimum atomic E-state index is -0.290. The number of nitrogens with zero attached hydrogens (tertiary/aromatic N) is 1. The lowest BCUT2D eigenvalue weighted by molar-refractivity contribution is 0.607. The molecule has 5 nitrogen and oxygen atoms in total. The summed E-state index contributed by atoms with van der Waals surface area (Å²) in [5.74, 6) is -0.290. The molecule has 4 rings (SSSR count). The maximum absolute atomic E-state index is 14.4. The number of aromatic nitrogens is 2. The second kappa shape index (κ2) is 5.48. The van der Waals surface area contributed by atoms with E-state index in [1.54, 1.807) is 24.4 Å². The van der Waals surface area contributed by atoms with Crippen LogP contribution in [0, 0.1) is 5.82 Å². The summed E-state index contributed by atoms with van der Waals surface area (Å²) in [6, 6.07) is 8.33. The molecule has 0 spiro atoms. The van der Waals surface area contributed by atoms with E-state index in [2.05, 4.69) is 20.6 Å². The van der Waals surface area contributed by atoms with Crippen molar-refractivity contribution in [2.75, 3.05) is 11.9 Å². The number of benzene rings is 1. The van der Waals surface area contributed by atoms with E-state index < -0.39 is 0 Å². The average molecular weight is 310 g/mol. The first kappa shape index (κ1) is 13.9. The standard InChI is InChI=1S/C17H15FN4O/c18-13-7-11-9-19-5-3-10(11)8-15(13)21-14-4-6-20-17-12(14)1-2-16(23)22-17/h1-2,4,6-8,19H,3,5,9H2,(H2,20,21,22,23). The van der Waals surface area contributed by atoms with Gasteiger partial charge in [-0.3, -0.25) is 4.79 Å². The molecule has 0 saturated heterocycles. The van der Waals surface area contributed by atoms with Gasteiger partial charge >= 0.3 is 0 Å². The highest BCUT2D eigenvalue weighted by Gasteiger charge is 2.14. The van der Waals surface area contributed by atoms with Gasteiger partial charge in [0.1, 0.15) is 11.5 Å². The Hall–Kier alpha value is -2.73. The molecule has 1 aromatic carbocycles. The Morgan fingerprint density at radius 1 is 1.13 bits per heavy atom. The van der Waals surface area contributed by atoms with E-state index in [0.29, 0.717) is 23.6 Å². The molecule has 3 N–H and O–H groups in total. The van der Waals surface area contributed by atoms with Crippen LogP contribution in [0.1, 0.15) is 11.1 Å². The quantitative estimate of drug-likeness (QED) is 0.680. The van der Waals surface area contributed by atoms with E-state index in [1.165, 1.54) is 6.07 Å². The molecule has 6 heteroatoms. The van der Waals surface area contributed by atoms with Crippen molar-refractivity contribution in [3.05, 3.63) is 63.8 Å². The first-order valence-electron chi connectivity index (χ1n) is 7.48. The van der Waals surface area contributed by atoms with Gasteiger partial charge in [0.25, 0.3) is 0 Å². The predicted molar refractivity (Wildman–Crippen MR) is 87.5 cm³/mol. The van der Waals surface area contributed by atoms with Crippen LogP contribution >= 0.6 is 0 Å². The maximum Gasteiger partial charge on any atom is 0.249 e. The molecule has 116 valence electrons. The van der Waals surface area contributed by atoms with Gasteiger partial charge in [-0.25, -0.2) is 9.37 Å². The van der Waals surface area contributed by atoms with Gasteiger partial charge in [0.05, 0.1) is 11.4 Å². The summed E-state index contributed by atoms with van der Waals surface area (Å²) in [6.07, 6.45) is 2.47. The molecule has 0 bridgehead atoms. The van der Waals surface area contributed by atoms with Crippen molar-refractivity contribution in [3.8, 4) is 0 Å². The highest BCUT2D eigenvalue weighted by Crippen LogP contribution is 2.28. The van der Waals surface area contributed by atoms with Crippen molar-refractivity contribution in [3.63, 3.8) is 0 Å². The molecule has 3 aromatic rings. The summed E-state index contributed by atoms with van der Waals surface area (Å²) >= 11 is 0. The highest BCUT2D eigenvalue weighted by molar-refractivity contribution is 5.90. The maximum atomic E-state index is 14.4. The number of halogens is 1. The zero-order valence-corrected chi connectivity index (χ0v) is 12.3. The van der Waals surface area contributed by atoms with Gasteiger partial charge in [0.15, 0.2) is 0 Å². The molecule has 2 aromatic heterocycles. The first-order valence-corrected chi connectivity index (χ1v) is 7.48. The lowest BCUT2D eigenvalue weighted by Gasteiger charge is -2.19. The molecule has 0 fully saturated rings. The van der Waals surface area contributed by atoms with Crippen molar-refractivity contribution in [1.29, 1.82) is 0 Å². The third kappa shape index (κ3) is 2.57. The molecular weight excluding hydrogens is 295 g/mol. The molecule has 23 heavy (non-hydrogen) atoms. The highest BCUT2D eigenvalue weighted by atomic mass is 19.1. The van der Waals surface area contributed by atoms with E-state index >= 15 is 0 Å². The van der Waals surface area contributed by atoms with Crippen molar-refractivity contribution in [2.24, 2.45) is 0 Å². The summed E-state index contributed by atoms with van der Waals surface area (Å²) in [7, 11) is 0. The summed E-state index contributed by atoms with van der Waals surface area (Å²) in [5.41, 5.74) is 3.56. The number of aromatic amines is 1. The number of hydrogen-bond donors (Lipinski definition) is 3. The molecule has 0 aliphatic carbocycles. The second-order valence-electron chi connectivity index (χ2n) is 5.60. The minimum absolute atomic E-state index is 0.213. The van der Waals surface area contributed by atoms with E-state index in [9.17, 15) is 9.18 Å². The SMILES string of the molecule is O=c1ccc2c(Nc3cc4c(cc3F)CNCC4)ccnc2[nH]1. The average Bonchev–Trinajstić information content (AvgIpc) is 2.55. The number of anilines is 2. The lowest BCUT2D eigenvalue weighted by atomic mass is 10.00. The van der Waals surface area contributed by atoms with Crippen LogP contribution in [0.2, 0.25) is 0 Å². The van der Waals surface area contributed by atoms with Gasteiger partial charge in [0, 0.05) is 24.2 Å². The van der Waals surface area contributed by atoms with Crippen molar-refractivity contribution in [1.82, 2.24) is 15.3 Å². The first-order chi connectivity index (χ1) is 11.2. The Balaban J connectivity index is 1.78. The third-order valence-corrected chi connectivity index (χ3v) is 4.08. The lowest BCUT2D eigenvalue weighted by Crippen LogP contribution is -2.23. The number of nitrogens with one attached hydrogen (secondary N) is 3. The van der Waals surface area contributed by atoms with Gasteiger partial charge in [-0.2, -0.15) is 0 Å². The van der Waals surface area contributed by atoms with E-state index in [0.717, 1.165) is 29.5 Å². The molecule has 0 atom stereocenters. The Morgan fingerprint density at radius 3 is 2.96 bits per heavy atom. The predicted octanol–water partition coefficient (Wildman–Crippen LogP) is 2.45. The van der Waals surface area contributed by atoms with Crippen molar-refractivity contribution in [2.45, 2.75) is 13.0 Å². The van der Waals surface area contributed by atoms with Crippen LogP contribution in [0.15, 0.2) is 41.3 Å². The van der Waals surface area contributed by atoms with Gasteiger partial charge in [-0.15, -0.1) is 0 Å². The summed E-state index contributed by atoms with van der Waals surface area (Å²) in [5, 5.41) is 7.11. The molecule has 1 aliphatic rings. The molecule has 0 unspecified atom stereocenters. The van der Waals surface area contributed by atoms with Crippen LogP contribution in [-0.2, 0) is 13.0 Å². The Bertz CT molecular complexity index is 951. The summed E-state index contributed by atoms with van der Waals surface area (Å²) in [4.78, 5) is 18.2. The summed E-state index contributed by atoms with van der Waals surface area (Å²) < 4.78 is 14.4. The fourth-order valence-electron chi connectivity index (χ4n) is 2.91. The Labute approximate surface area is 131 Å². The smallest absolute Gasteiger partial charge is 0.249 e. The minimum Gasteiger partial charge on any atom is -0.352 e. The van der Waals surface area contributed by atoms with Crippen LogP contribution in [0.5, 0.6) is 0 Å². The number of rotatable bonds is 2. The van der Waals surface area contributed by atoms with Gasteiger partial charge in [0.2, 0.25) is 5.56 Å². The van der Waals surface area contributed by atoms with Crippen molar-refractivity contribution >= 4 is 22.4 Å². The molecule has 0 amide bonds.